The van der Waals surface area contributed by atoms with Gasteiger partial charge in [0.25, 0.3) is 0 Å². The van der Waals surface area contributed by atoms with Crippen LogP contribution in [0.25, 0.3) is 0 Å². The van der Waals surface area contributed by atoms with Crippen LogP contribution in [0.1, 0.15) is 17.7 Å². The fraction of sp³-hybridized carbons (Fsp3) is 0.455. The number of hydrogen-bond donors (Lipinski definition) is 2. The molecule has 15 heavy (non-hydrogen) atoms. The summed E-state index contributed by atoms with van der Waals surface area (Å²) in [6.45, 7) is 3.17. The van der Waals surface area contributed by atoms with Crippen molar-refractivity contribution in [3.05, 3.63) is 29.6 Å². The molecule has 0 aromatic carbocycles. The Morgan fingerprint density at radius 1 is 1.53 bits per heavy atom. The van der Waals surface area contributed by atoms with E-state index in [-0.39, 0.29) is 5.91 Å². The summed E-state index contributed by atoms with van der Waals surface area (Å²) in [7, 11) is 0. The van der Waals surface area contributed by atoms with Gasteiger partial charge in [0.1, 0.15) is 0 Å². The van der Waals surface area contributed by atoms with E-state index in [0.29, 0.717) is 19.5 Å². The Balaban J connectivity index is 2.34. The lowest BCUT2D eigenvalue weighted by Crippen LogP contribution is -2.27. The SMILES string of the molecule is Cc1ccc(CC(=O)NCCCN)cn1. The maximum atomic E-state index is 11.4. The van der Waals surface area contributed by atoms with Crippen LogP contribution in [0, 0.1) is 6.92 Å². The maximum Gasteiger partial charge on any atom is 0.224 e. The van der Waals surface area contributed by atoms with Gasteiger partial charge in [-0.05, 0) is 31.5 Å². The van der Waals surface area contributed by atoms with Crippen LogP contribution in [0.2, 0.25) is 0 Å². The van der Waals surface area contributed by atoms with E-state index in [1.54, 1.807) is 6.20 Å². The van der Waals surface area contributed by atoms with E-state index >= 15 is 0 Å². The molecule has 0 atom stereocenters. The molecule has 1 amide bonds. The van der Waals surface area contributed by atoms with E-state index in [1.165, 1.54) is 0 Å². The lowest BCUT2D eigenvalue weighted by atomic mass is 10.2. The zero-order chi connectivity index (χ0) is 11.1. The number of nitrogens with two attached hydrogens (primary N) is 1. The summed E-state index contributed by atoms with van der Waals surface area (Å²) in [5, 5.41) is 2.80. The molecule has 0 aliphatic heterocycles. The standard InChI is InChI=1S/C11H17N3O/c1-9-3-4-10(8-14-9)7-11(15)13-6-2-5-12/h3-4,8H,2,5-7,12H2,1H3,(H,13,15). The number of aromatic nitrogens is 1. The molecule has 82 valence electrons. The van der Waals surface area contributed by atoms with E-state index in [4.69, 9.17) is 5.73 Å². The maximum absolute atomic E-state index is 11.4. The van der Waals surface area contributed by atoms with Crippen LogP contribution in [0.5, 0.6) is 0 Å². The summed E-state index contributed by atoms with van der Waals surface area (Å²) in [6, 6.07) is 3.83. The van der Waals surface area contributed by atoms with Gasteiger partial charge in [-0.25, -0.2) is 0 Å². The number of nitrogens with one attached hydrogen (secondary N) is 1. The second-order valence-corrected chi connectivity index (χ2v) is 3.48. The average Bonchev–Trinajstić information content (AvgIpc) is 2.22. The lowest BCUT2D eigenvalue weighted by Gasteiger charge is -2.04. The third kappa shape index (κ3) is 4.56. The summed E-state index contributed by atoms with van der Waals surface area (Å²) >= 11 is 0. The minimum Gasteiger partial charge on any atom is -0.356 e. The summed E-state index contributed by atoms with van der Waals surface area (Å²) < 4.78 is 0. The van der Waals surface area contributed by atoms with Crippen molar-refractivity contribution in [2.75, 3.05) is 13.1 Å². The number of rotatable bonds is 5. The second-order valence-electron chi connectivity index (χ2n) is 3.48. The predicted octanol–water partition coefficient (Wildman–Crippen LogP) is 0.398. The molecule has 0 bridgehead atoms. The molecule has 1 aromatic heterocycles. The van der Waals surface area contributed by atoms with Gasteiger partial charge in [-0.3, -0.25) is 9.78 Å². The highest BCUT2D eigenvalue weighted by Gasteiger charge is 2.02. The predicted molar refractivity (Wildman–Crippen MR) is 59.4 cm³/mol. The van der Waals surface area contributed by atoms with Crippen LogP contribution in [0.3, 0.4) is 0 Å². The van der Waals surface area contributed by atoms with Crippen LogP contribution in [-0.4, -0.2) is 24.0 Å². The Hall–Kier alpha value is -1.42. The molecule has 0 aliphatic rings. The molecule has 0 saturated carbocycles. The smallest absolute Gasteiger partial charge is 0.224 e. The van der Waals surface area contributed by atoms with Crippen molar-refractivity contribution in [1.82, 2.24) is 10.3 Å². The van der Waals surface area contributed by atoms with Crippen molar-refractivity contribution in [2.24, 2.45) is 5.73 Å². The number of carbonyl (C=O) groups is 1. The van der Waals surface area contributed by atoms with Crippen LogP contribution in [0.15, 0.2) is 18.3 Å². The van der Waals surface area contributed by atoms with E-state index in [9.17, 15) is 4.79 Å². The number of pyridine rings is 1. The number of carbonyl (C=O) groups excluding carboxylic acids is 1. The van der Waals surface area contributed by atoms with Crippen LogP contribution in [0.4, 0.5) is 0 Å². The van der Waals surface area contributed by atoms with Crippen LogP contribution < -0.4 is 11.1 Å². The minimum atomic E-state index is 0.0223. The Morgan fingerprint density at radius 2 is 2.33 bits per heavy atom. The Kier molecular flexibility index (Phi) is 4.77. The number of amides is 1. The molecule has 0 saturated heterocycles. The molecule has 0 aliphatic carbocycles. The van der Waals surface area contributed by atoms with Crippen molar-refractivity contribution >= 4 is 5.91 Å². The van der Waals surface area contributed by atoms with Gasteiger partial charge in [0.2, 0.25) is 5.91 Å². The number of aryl methyl sites for hydroxylation is 1. The largest absolute Gasteiger partial charge is 0.356 e. The summed E-state index contributed by atoms with van der Waals surface area (Å²) in [5.41, 5.74) is 7.22. The molecule has 0 spiro atoms. The first-order valence-corrected chi connectivity index (χ1v) is 5.10. The van der Waals surface area contributed by atoms with Gasteiger partial charge >= 0.3 is 0 Å². The fourth-order valence-corrected chi connectivity index (χ4v) is 1.18. The lowest BCUT2D eigenvalue weighted by molar-refractivity contribution is -0.120. The van der Waals surface area contributed by atoms with Gasteiger partial charge in [0, 0.05) is 18.4 Å². The Bertz CT molecular complexity index is 308. The summed E-state index contributed by atoms with van der Waals surface area (Å²) in [4.78, 5) is 15.5. The molecule has 4 nitrogen and oxygen atoms in total. The van der Waals surface area contributed by atoms with Crippen LogP contribution >= 0.6 is 0 Å². The highest BCUT2D eigenvalue weighted by Crippen LogP contribution is 1.99. The van der Waals surface area contributed by atoms with Gasteiger partial charge in [-0.1, -0.05) is 6.07 Å². The van der Waals surface area contributed by atoms with Crippen molar-refractivity contribution < 1.29 is 4.79 Å². The van der Waals surface area contributed by atoms with E-state index < -0.39 is 0 Å². The monoisotopic (exact) mass is 207 g/mol. The molecule has 0 unspecified atom stereocenters. The highest BCUT2D eigenvalue weighted by atomic mass is 16.1. The second kappa shape index (κ2) is 6.14. The third-order valence-corrected chi connectivity index (χ3v) is 2.04. The molecule has 4 heteroatoms. The Labute approximate surface area is 89.9 Å². The molecular formula is C11H17N3O. The first-order chi connectivity index (χ1) is 7.22. The zero-order valence-corrected chi connectivity index (χ0v) is 8.99. The number of nitrogens with zero attached hydrogens (tertiary/aromatic N) is 1. The van der Waals surface area contributed by atoms with E-state index in [2.05, 4.69) is 10.3 Å². The fourth-order valence-electron chi connectivity index (χ4n) is 1.18. The highest BCUT2D eigenvalue weighted by molar-refractivity contribution is 5.78. The average molecular weight is 207 g/mol. The minimum absolute atomic E-state index is 0.0223. The van der Waals surface area contributed by atoms with Crippen LogP contribution in [-0.2, 0) is 11.2 Å². The topological polar surface area (TPSA) is 68.0 Å². The first-order valence-electron chi connectivity index (χ1n) is 5.10. The molecule has 3 N–H and O–H groups in total. The van der Waals surface area contributed by atoms with Crippen molar-refractivity contribution in [1.29, 1.82) is 0 Å². The zero-order valence-electron chi connectivity index (χ0n) is 8.99. The third-order valence-electron chi connectivity index (χ3n) is 2.04. The van der Waals surface area contributed by atoms with E-state index in [1.807, 2.05) is 19.1 Å². The first kappa shape index (κ1) is 11.7. The molecule has 0 fully saturated rings. The molecular weight excluding hydrogens is 190 g/mol. The van der Waals surface area contributed by atoms with Gasteiger partial charge in [0.05, 0.1) is 6.42 Å². The van der Waals surface area contributed by atoms with Gasteiger partial charge in [-0.2, -0.15) is 0 Å². The van der Waals surface area contributed by atoms with Gasteiger partial charge in [0.15, 0.2) is 0 Å². The number of hydrogen-bond acceptors (Lipinski definition) is 3. The Morgan fingerprint density at radius 3 is 2.93 bits per heavy atom. The normalized spacial score (nSPS) is 10.0. The molecule has 1 aromatic rings. The van der Waals surface area contributed by atoms with Crippen molar-refractivity contribution in [2.45, 2.75) is 19.8 Å². The summed E-state index contributed by atoms with van der Waals surface area (Å²) in [5.74, 6) is 0.0223. The van der Waals surface area contributed by atoms with Gasteiger partial charge in [-0.15, -0.1) is 0 Å². The van der Waals surface area contributed by atoms with Crippen molar-refractivity contribution in [3.8, 4) is 0 Å². The molecule has 0 radical (unpaired) electrons. The molecule has 1 rings (SSSR count). The van der Waals surface area contributed by atoms with Gasteiger partial charge < -0.3 is 11.1 Å². The molecule has 1 heterocycles. The van der Waals surface area contributed by atoms with E-state index in [0.717, 1.165) is 17.7 Å². The summed E-state index contributed by atoms with van der Waals surface area (Å²) in [6.07, 6.45) is 2.94. The van der Waals surface area contributed by atoms with Crippen molar-refractivity contribution in [3.63, 3.8) is 0 Å². The quantitative estimate of drug-likeness (QED) is 0.687.